The molecule has 0 bridgehead atoms. The van der Waals surface area contributed by atoms with E-state index in [0.29, 0.717) is 38.5 Å². The lowest BCUT2D eigenvalue weighted by atomic mass is 9.44. The van der Waals surface area contributed by atoms with Crippen LogP contribution in [0.5, 0.6) is 0 Å². The van der Waals surface area contributed by atoms with Crippen molar-refractivity contribution in [2.45, 2.75) is 89.0 Å². The molecule has 0 aromatic rings. The topological polar surface area (TPSA) is 94.8 Å². The highest BCUT2D eigenvalue weighted by Crippen LogP contribution is 2.70. The zero-order valence-corrected chi connectivity index (χ0v) is 16.7. The highest BCUT2D eigenvalue weighted by atomic mass is 19.1. The van der Waals surface area contributed by atoms with Gasteiger partial charge in [0.25, 0.3) is 0 Å². The first-order valence-corrected chi connectivity index (χ1v) is 10.5. The van der Waals surface area contributed by atoms with Crippen LogP contribution in [0.3, 0.4) is 0 Å². The summed E-state index contributed by atoms with van der Waals surface area (Å²) in [6.07, 6.45) is 3.47. The number of aliphatic carboxylic acids is 1. The SMILES string of the molecule is C[C@]12CCC(=O)C=C1CCC1C3CC[C@@](O)(CCC(=O)O)[C@@]3(C)C[C@H](O)C12F. The normalized spacial score (nSPS) is 50.4. The van der Waals surface area contributed by atoms with Gasteiger partial charge in [0, 0.05) is 29.6 Å². The summed E-state index contributed by atoms with van der Waals surface area (Å²) in [7, 11) is 0. The molecule has 0 radical (unpaired) electrons. The molecule has 6 heteroatoms. The summed E-state index contributed by atoms with van der Waals surface area (Å²) in [5, 5.41) is 31.6. The fourth-order valence-electron chi connectivity index (χ4n) is 7.39. The number of hydrogen-bond donors (Lipinski definition) is 3. The second kappa shape index (κ2) is 6.11. The van der Waals surface area contributed by atoms with E-state index in [4.69, 9.17) is 5.11 Å². The molecule has 3 fully saturated rings. The summed E-state index contributed by atoms with van der Waals surface area (Å²) in [6.45, 7) is 3.77. The highest BCUT2D eigenvalue weighted by Gasteiger charge is 2.73. The molecule has 7 atom stereocenters. The molecule has 156 valence electrons. The second-order valence-electron chi connectivity index (χ2n) is 10.1. The van der Waals surface area contributed by atoms with Crippen molar-refractivity contribution in [2.24, 2.45) is 22.7 Å². The number of carboxylic acids is 1. The Kier molecular flexibility index (Phi) is 4.37. The number of carboxylic acid groups (broad SMARTS) is 1. The smallest absolute Gasteiger partial charge is 0.303 e. The van der Waals surface area contributed by atoms with E-state index in [1.54, 1.807) is 6.08 Å². The summed E-state index contributed by atoms with van der Waals surface area (Å²) < 4.78 is 16.9. The lowest BCUT2D eigenvalue weighted by molar-refractivity contribution is -0.229. The number of carbonyl (C=O) groups excluding carboxylic acids is 1. The molecule has 0 heterocycles. The molecule has 0 aliphatic heterocycles. The number of fused-ring (bicyclic) bond motifs is 5. The Morgan fingerprint density at radius 2 is 1.93 bits per heavy atom. The Bertz CT molecular complexity index is 749. The second-order valence-corrected chi connectivity index (χ2v) is 10.1. The van der Waals surface area contributed by atoms with Gasteiger partial charge in [-0.15, -0.1) is 0 Å². The van der Waals surface area contributed by atoms with Gasteiger partial charge in [-0.1, -0.05) is 19.4 Å². The Hall–Kier alpha value is -1.27. The lowest BCUT2D eigenvalue weighted by Gasteiger charge is -2.63. The number of alkyl halides is 1. The standard InChI is InChI=1S/C22H31FO5/c1-19-8-5-14(24)11-13(19)3-4-16-15-6-9-21(28,10-7-18(26)27)20(15,2)12-17(25)22(16,19)23/h11,15-17,25,28H,3-10,12H2,1-2H3,(H,26,27)/t15?,16?,17-,19-,20-,21+,22?/m0/s1. The Morgan fingerprint density at radius 3 is 2.61 bits per heavy atom. The van der Waals surface area contributed by atoms with Crippen LogP contribution in [-0.4, -0.2) is 44.4 Å². The highest BCUT2D eigenvalue weighted by molar-refractivity contribution is 5.91. The van der Waals surface area contributed by atoms with E-state index < -0.39 is 40.1 Å². The van der Waals surface area contributed by atoms with Crippen LogP contribution in [-0.2, 0) is 9.59 Å². The number of ketones is 1. The third-order valence-electron chi connectivity index (χ3n) is 9.12. The molecule has 4 aliphatic rings. The van der Waals surface area contributed by atoms with E-state index in [9.17, 15) is 19.8 Å². The van der Waals surface area contributed by atoms with Crippen molar-refractivity contribution < 1.29 is 29.3 Å². The van der Waals surface area contributed by atoms with E-state index in [1.165, 1.54) is 0 Å². The van der Waals surface area contributed by atoms with Gasteiger partial charge in [0.2, 0.25) is 0 Å². The summed E-state index contributed by atoms with van der Waals surface area (Å²) in [4.78, 5) is 23.0. The van der Waals surface area contributed by atoms with Crippen LogP contribution in [0.25, 0.3) is 0 Å². The van der Waals surface area contributed by atoms with Crippen molar-refractivity contribution in [1.82, 2.24) is 0 Å². The van der Waals surface area contributed by atoms with Gasteiger partial charge < -0.3 is 15.3 Å². The van der Waals surface area contributed by atoms with E-state index in [-0.39, 0.29) is 31.0 Å². The van der Waals surface area contributed by atoms with Crippen LogP contribution in [0.4, 0.5) is 4.39 Å². The minimum atomic E-state index is -1.82. The quantitative estimate of drug-likeness (QED) is 0.683. The fourth-order valence-corrected chi connectivity index (χ4v) is 7.39. The van der Waals surface area contributed by atoms with Crippen LogP contribution in [0.2, 0.25) is 0 Å². The van der Waals surface area contributed by atoms with Crippen molar-refractivity contribution in [3.05, 3.63) is 11.6 Å². The van der Waals surface area contributed by atoms with E-state index >= 15 is 4.39 Å². The number of aliphatic hydroxyl groups is 2. The van der Waals surface area contributed by atoms with Crippen molar-refractivity contribution in [1.29, 1.82) is 0 Å². The van der Waals surface area contributed by atoms with E-state index in [0.717, 1.165) is 5.57 Å². The van der Waals surface area contributed by atoms with Gasteiger partial charge in [-0.25, -0.2) is 4.39 Å². The Balaban J connectivity index is 1.72. The van der Waals surface area contributed by atoms with Gasteiger partial charge in [0.05, 0.1) is 11.7 Å². The van der Waals surface area contributed by atoms with E-state index in [2.05, 4.69) is 0 Å². The average Bonchev–Trinajstić information content (AvgIpc) is 2.87. The molecule has 5 nitrogen and oxygen atoms in total. The molecular weight excluding hydrogens is 363 g/mol. The van der Waals surface area contributed by atoms with Gasteiger partial charge in [0.15, 0.2) is 5.78 Å². The average molecular weight is 394 g/mol. The molecule has 4 aliphatic carbocycles. The minimum absolute atomic E-state index is 0.0357. The van der Waals surface area contributed by atoms with Crippen LogP contribution in [0.1, 0.15) is 71.6 Å². The molecule has 0 aromatic heterocycles. The third kappa shape index (κ3) is 2.37. The van der Waals surface area contributed by atoms with Crippen molar-refractivity contribution >= 4 is 11.8 Å². The van der Waals surface area contributed by atoms with Crippen LogP contribution in [0.15, 0.2) is 11.6 Å². The molecule has 0 amide bonds. The molecule has 3 saturated carbocycles. The van der Waals surface area contributed by atoms with Crippen LogP contribution in [0, 0.1) is 22.7 Å². The maximum Gasteiger partial charge on any atom is 0.303 e. The monoisotopic (exact) mass is 394 g/mol. The van der Waals surface area contributed by atoms with Crippen LogP contribution >= 0.6 is 0 Å². The molecule has 3 unspecified atom stereocenters. The van der Waals surface area contributed by atoms with Gasteiger partial charge in [-0.3, -0.25) is 9.59 Å². The molecule has 0 aromatic carbocycles. The molecular formula is C22H31FO5. The zero-order chi connectivity index (χ0) is 20.5. The first kappa shape index (κ1) is 20.0. The number of rotatable bonds is 3. The maximum atomic E-state index is 16.9. The predicted octanol–water partition coefficient (Wildman–Crippen LogP) is 3.18. The first-order valence-electron chi connectivity index (χ1n) is 10.5. The molecule has 0 spiro atoms. The Morgan fingerprint density at radius 1 is 1.21 bits per heavy atom. The van der Waals surface area contributed by atoms with Gasteiger partial charge >= 0.3 is 5.97 Å². The number of halogens is 1. The van der Waals surface area contributed by atoms with E-state index in [1.807, 2.05) is 13.8 Å². The van der Waals surface area contributed by atoms with Gasteiger partial charge in [0.1, 0.15) is 5.67 Å². The number of allylic oxidation sites excluding steroid dienone is 1. The fraction of sp³-hybridized carbons (Fsp3) is 0.818. The molecule has 0 saturated heterocycles. The third-order valence-corrected chi connectivity index (χ3v) is 9.12. The largest absolute Gasteiger partial charge is 0.481 e. The number of hydrogen-bond acceptors (Lipinski definition) is 4. The molecule has 3 N–H and O–H groups in total. The van der Waals surface area contributed by atoms with Gasteiger partial charge in [-0.2, -0.15) is 0 Å². The summed E-state index contributed by atoms with van der Waals surface area (Å²) in [6, 6.07) is 0. The number of carbonyl (C=O) groups is 2. The summed E-state index contributed by atoms with van der Waals surface area (Å²) >= 11 is 0. The van der Waals surface area contributed by atoms with Gasteiger partial charge in [-0.05, 0) is 56.9 Å². The molecule has 28 heavy (non-hydrogen) atoms. The number of aliphatic hydroxyl groups excluding tert-OH is 1. The van der Waals surface area contributed by atoms with Crippen molar-refractivity contribution in [2.75, 3.05) is 0 Å². The predicted molar refractivity (Wildman–Crippen MR) is 100 cm³/mol. The van der Waals surface area contributed by atoms with Crippen molar-refractivity contribution in [3.63, 3.8) is 0 Å². The minimum Gasteiger partial charge on any atom is -0.481 e. The van der Waals surface area contributed by atoms with Crippen molar-refractivity contribution in [3.8, 4) is 0 Å². The van der Waals surface area contributed by atoms with Crippen LogP contribution < -0.4 is 0 Å². The first-order chi connectivity index (χ1) is 13.0. The molecule has 4 rings (SSSR count). The lowest BCUT2D eigenvalue weighted by Crippen LogP contribution is -2.68. The summed E-state index contributed by atoms with van der Waals surface area (Å²) in [5.74, 6) is -1.41. The zero-order valence-electron chi connectivity index (χ0n) is 16.7. The maximum absolute atomic E-state index is 16.9. The summed E-state index contributed by atoms with van der Waals surface area (Å²) in [5.41, 5.74) is -3.75. The Labute approximate surface area is 165 Å².